The Bertz CT molecular complexity index is 1280. The van der Waals surface area contributed by atoms with E-state index < -0.39 is 15.7 Å². The van der Waals surface area contributed by atoms with Crippen LogP contribution >= 0.6 is 23.2 Å². The quantitative estimate of drug-likeness (QED) is 0.428. The van der Waals surface area contributed by atoms with E-state index in [1.165, 1.54) is 12.1 Å². The van der Waals surface area contributed by atoms with Crippen LogP contribution in [0.3, 0.4) is 0 Å². The molecule has 3 aromatic carbocycles. The average molecular weight is 492 g/mol. The highest BCUT2D eigenvalue weighted by atomic mass is 35.5. The van der Waals surface area contributed by atoms with Crippen LogP contribution in [0.5, 0.6) is 11.5 Å². The molecule has 0 aliphatic carbocycles. The zero-order chi connectivity index (χ0) is 23.7. The normalized spacial score (nSPS) is 11.8. The van der Waals surface area contributed by atoms with Crippen molar-refractivity contribution in [2.24, 2.45) is 0 Å². The summed E-state index contributed by atoms with van der Waals surface area (Å²) in [4.78, 5) is 13.2. The number of hydrogen-bond donors (Lipinski definition) is 1. The predicted octanol–water partition coefficient (Wildman–Crippen LogP) is 6.74. The fraction of sp³-hybridized carbons (Fsp3) is 0.208. The molecule has 0 saturated carbocycles. The zero-order valence-corrected chi connectivity index (χ0v) is 20.4. The van der Waals surface area contributed by atoms with Crippen molar-refractivity contribution in [1.29, 1.82) is 0 Å². The third-order valence-electron chi connectivity index (χ3n) is 4.73. The molecule has 5 nitrogen and oxygen atoms in total. The molecule has 8 heteroatoms. The van der Waals surface area contributed by atoms with Gasteiger partial charge in [0.05, 0.1) is 15.5 Å². The summed E-state index contributed by atoms with van der Waals surface area (Å²) in [6, 6.07) is 16.2. The molecule has 0 fully saturated rings. The number of benzene rings is 3. The number of carbonyl (C=O) groups excluding carboxylic acids is 1. The minimum absolute atomic E-state index is 0.114. The van der Waals surface area contributed by atoms with Gasteiger partial charge in [-0.3, -0.25) is 4.79 Å². The van der Waals surface area contributed by atoms with E-state index in [1.807, 2.05) is 6.07 Å². The van der Waals surface area contributed by atoms with E-state index in [0.29, 0.717) is 27.2 Å². The van der Waals surface area contributed by atoms with E-state index in [4.69, 9.17) is 27.9 Å². The van der Waals surface area contributed by atoms with Gasteiger partial charge in [0.2, 0.25) is 0 Å². The maximum atomic E-state index is 13.1. The number of amides is 1. The third-order valence-corrected chi connectivity index (χ3v) is 6.37. The Labute approximate surface area is 198 Å². The largest absolute Gasteiger partial charge is 0.455 e. The van der Waals surface area contributed by atoms with Crippen LogP contribution in [0.25, 0.3) is 0 Å². The smallest absolute Gasteiger partial charge is 0.259 e. The summed E-state index contributed by atoms with van der Waals surface area (Å²) in [5, 5.41) is 3.52. The highest BCUT2D eigenvalue weighted by Crippen LogP contribution is 2.36. The number of carbonyl (C=O) groups is 1. The SMILES string of the molecule is CC(C)(C)c1ccc(C(=O)Nc2cccc(S(C)(=O)=O)c2)c(Oc2ccc(Cl)cc2Cl)c1. The van der Waals surface area contributed by atoms with Gasteiger partial charge in [-0.25, -0.2) is 8.42 Å². The summed E-state index contributed by atoms with van der Waals surface area (Å²) < 4.78 is 29.7. The van der Waals surface area contributed by atoms with E-state index in [9.17, 15) is 13.2 Å². The summed E-state index contributed by atoms with van der Waals surface area (Å²) >= 11 is 12.2. The first kappa shape index (κ1) is 24.1. The second-order valence-corrected chi connectivity index (χ2v) is 11.3. The minimum atomic E-state index is -3.41. The van der Waals surface area contributed by atoms with Crippen molar-refractivity contribution in [1.82, 2.24) is 0 Å². The van der Waals surface area contributed by atoms with Crippen LogP contribution in [0.1, 0.15) is 36.7 Å². The molecule has 168 valence electrons. The van der Waals surface area contributed by atoms with Crippen LogP contribution in [0.4, 0.5) is 5.69 Å². The molecule has 1 amide bonds. The molecule has 0 aliphatic rings. The van der Waals surface area contributed by atoms with E-state index in [0.717, 1.165) is 11.8 Å². The van der Waals surface area contributed by atoms with E-state index in [2.05, 4.69) is 26.1 Å². The maximum absolute atomic E-state index is 13.1. The van der Waals surface area contributed by atoms with Crippen molar-refractivity contribution < 1.29 is 17.9 Å². The molecule has 1 N–H and O–H groups in total. The Balaban J connectivity index is 2.00. The van der Waals surface area contributed by atoms with Crippen molar-refractivity contribution in [2.75, 3.05) is 11.6 Å². The first-order chi connectivity index (χ1) is 14.8. The van der Waals surface area contributed by atoms with Crippen LogP contribution in [0, 0.1) is 0 Å². The Hall–Kier alpha value is -2.54. The summed E-state index contributed by atoms with van der Waals surface area (Å²) in [5.41, 5.74) is 1.41. The summed E-state index contributed by atoms with van der Waals surface area (Å²) in [7, 11) is -3.41. The molecule has 0 aliphatic heterocycles. The van der Waals surface area contributed by atoms with Gasteiger partial charge in [0, 0.05) is 17.0 Å². The number of anilines is 1. The molecule has 32 heavy (non-hydrogen) atoms. The van der Waals surface area contributed by atoms with Crippen molar-refractivity contribution in [2.45, 2.75) is 31.1 Å². The second kappa shape index (κ2) is 9.14. The number of nitrogens with one attached hydrogen (secondary N) is 1. The molecule has 0 radical (unpaired) electrons. The van der Waals surface area contributed by atoms with E-state index in [1.54, 1.807) is 42.5 Å². The lowest BCUT2D eigenvalue weighted by Crippen LogP contribution is -2.16. The Kier molecular flexibility index (Phi) is 6.89. The van der Waals surface area contributed by atoms with Gasteiger partial charge in [-0.2, -0.15) is 0 Å². The minimum Gasteiger partial charge on any atom is -0.455 e. The average Bonchev–Trinajstić information content (AvgIpc) is 2.69. The Morgan fingerprint density at radius 2 is 1.66 bits per heavy atom. The van der Waals surface area contributed by atoms with Crippen LogP contribution in [0.2, 0.25) is 10.0 Å². The Morgan fingerprint density at radius 3 is 2.28 bits per heavy atom. The van der Waals surface area contributed by atoms with Gasteiger partial charge in [-0.1, -0.05) is 56.1 Å². The Morgan fingerprint density at radius 1 is 0.938 bits per heavy atom. The second-order valence-electron chi connectivity index (χ2n) is 8.39. The molecule has 0 heterocycles. The molecule has 3 rings (SSSR count). The van der Waals surface area contributed by atoms with Crippen molar-refractivity contribution in [3.63, 3.8) is 0 Å². The number of sulfone groups is 1. The van der Waals surface area contributed by atoms with Crippen LogP contribution in [0.15, 0.2) is 65.6 Å². The van der Waals surface area contributed by atoms with Gasteiger partial charge in [0.25, 0.3) is 5.91 Å². The summed E-state index contributed by atoms with van der Waals surface area (Å²) in [5.74, 6) is 0.227. The number of rotatable bonds is 5. The zero-order valence-electron chi connectivity index (χ0n) is 18.1. The van der Waals surface area contributed by atoms with Gasteiger partial charge in [0.15, 0.2) is 9.84 Å². The van der Waals surface area contributed by atoms with Gasteiger partial charge < -0.3 is 10.1 Å². The van der Waals surface area contributed by atoms with E-state index in [-0.39, 0.29) is 15.9 Å². The molecular formula is C24H23Cl2NO4S. The first-order valence-electron chi connectivity index (χ1n) is 9.73. The maximum Gasteiger partial charge on any atom is 0.259 e. The van der Waals surface area contributed by atoms with Gasteiger partial charge in [0.1, 0.15) is 11.5 Å². The predicted molar refractivity (Wildman–Crippen MR) is 129 cm³/mol. The standard InChI is InChI=1S/C24H23Cl2NO4S/c1-24(2,3)15-8-10-19(22(12-15)31-21-11-9-16(25)13-20(21)26)23(28)27-17-6-5-7-18(14-17)32(4,29)30/h5-14H,1-4H3,(H,27,28). The molecule has 3 aromatic rings. The molecule has 0 aromatic heterocycles. The lowest BCUT2D eigenvalue weighted by Gasteiger charge is -2.21. The van der Waals surface area contributed by atoms with Crippen LogP contribution in [-0.2, 0) is 15.3 Å². The van der Waals surface area contributed by atoms with Crippen LogP contribution in [-0.4, -0.2) is 20.6 Å². The molecule has 0 unspecified atom stereocenters. The van der Waals surface area contributed by atoms with Crippen molar-refractivity contribution in [3.8, 4) is 11.5 Å². The van der Waals surface area contributed by atoms with E-state index >= 15 is 0 Å². The lowest BCUT2D eigenvalue weighted by atomic mass is 9.86. The van der Waals surface area contributed by atoms with Gasteiger partial charge >= 0.3 is 0 Å². The first-order valence-corrected chi connectivity index (χ1v) is 12.4. The highest BCUT2D eigenvalue weighted by molar-refractivity contribution is 7.90. The lowest BCUT2D eigenvalue weighted by molar-refractivity contribution is 0.102. The molecule has 0 spiro atoms. The molecule has 0 bridgehead atoms. The number of halogens is 2. The topological polar surface area (TPSA) is 72.5 Å². The van der Waals surface area contributed by atoms with Gasteiger partial charge in [-0.05, 0) is 59.5 Å². The van der Waals surface area contributed by atoms with Crippen molar-refractivity contribution in [3.05, 3.63) is 81.8 Å². The number of ether oxygens (including phenoxy) is 1. The number of hydrogen-bond acceptors (Lipinski definition) is 4. The third kappa shape index (κ3) is 5.82. The van der Waals surface area contributed by atoms with Gasteiger partial charge in [-0.15, -0.1) is 0 Å². The molecular weight excluding hydrogens is 469 g/mol. The molecule has 0 saturated heterocycles. The van der Waals surface area contributed by atoms with Crippen LogP contribution < -0.4 is 10.1 Å². The highest BCUT2D eigenvalue weighted by Gasteiger charge is 2.21. The fourth-order valence-corrected chi connectivity index (χ4v) is 4.05. The summed E-state index contributed by atoms with van der Waals surface area (Å²) in [6.07, 6.45) is 1.11. The molecule has 0 atom stereocenters. The fourth-order valence-electron chi connectivity index (χ4n) is 2.94. The van der Waals surface area contributed by atoms with Crippen molar-refractivity contribution >= 4 is 44.6 Å². The monoisotopic (exact) mass is 491 g/mol. The summed E-state index contributed by atoms with van der Waals surface area (Å²) in [6.45, 7) is 6.16.